The molecule has 4 rings (SSSR count). The van der Waals surface area contributed by atoms with Gasteiger partial charge in [0.1, 0.15) is 11.5 Å². The van der Waals surface area contributed by atoms with E-state index in [0.29, 0.717) is 27.4 Å². The van der Waals surface area contributed by atoms with Crippen molar-refractivity contribution < 1.29 is 22.7 Å². The number of methoxy groups -OCH3 is 2. The van der Waals surface area contributed by atoms with Gasteiger partial charge in [-0.2, -0.15) is 4.99 Å². The summed E-state index contributed by atoms with van der Waals surface area (Å²) in [5.41, 5.74) is 1.41. The van der Waals surface area contributed by atoms with E-state index in [4.69, 9.17) is 21.1 Å². The zero-order valence-corrected chi connectivity index (χ0v) is 19.3. The van der Waals surface area contributed by atoms with E-state index >= 15 is 0 Å². The van der Waals surface area contributed by atoms with Gasteiger partial charge in [0.15, 0.2) is 15.0 Å². The van der Waals surface area contributed by atoms with Crippen molar-refractivity contribution in [2.75, 3.05) is 30.6 Å². The minimum absolute atomic E-state index is 0.0244. The Morgan fingerprint density at radius 1 is 1.16 bits per heavy atom. The number of aliphatic imine (C=N–C) groups is 1. The number of amidine groups is 1. The van der Waals surface area contributed by atoms with Crippen LogP contribution in [0.3, 0.4) is 0 Å². The molecule has 2 atom stereocenters. The molecule has 7 nitrogen and oxygen atoms in total. The smallest absolute Gasteiger partial charge is 0.252 e. The van der Waals surface area contributed by atoms with Gasteiger partial charge >= 0.3 is 0 Å². The van der Waals surface area contributed by atoms with Gasteiger partial charge < -0.3 is 14.4 Å². The molecule has 2 aliphatic heterocycles. The molecule has 0 N–H and O–H groups in total. The number of ether oxygens (including phenoxy) is 2. The van der Waals surface area contributed by atoms with Crippen molar-refractivity contribution in [2.24, 2.45) is 4.99 Å². The number of halogens is 1. The molecule has 0 bridgehead atoms. The Bertz CT molecular complexity index is 1140. The van der Waals surface area contributed by atoms with Crippen LogP contribution in [0.4, 0.5) is 5.69 Å². The number of rotatable bonds is 5. The summed E-state index contributed by atoms with van der Waals surface area (Å²) in [6, 6.07) is 12.3. The summed E-state index contributed by atoms with van der Waals surface area (Å²) in [7, 11) is -0.180. The van der Waals surface area contributed by atoms with Crippen molar-refractivity contribution in [2.45, 2.75) is 17.7 Å². The van der Waals surface area contributed by atoms with Crippen LogP contribution >= 0.6 is 23.4 Å². The fourth-order valence-electron chi connectivity index (χ4n) is 3.80. The normalized spacial score (nSPS) is 23.1. The number of hydrogen-bond donors (Lipinski definition) is 0. The summed E-state index contributed by atoms with van der Waals surface area (Å²) >= 11 is 7.66. The Morgan fingerprint density at radius 2 is 1.87 bits per heavy atom. The summed E-state index contributed by atoms with van der Waals surface area (Å²) in [6.45, 7) is 0. The van der Waals surface area contributed by atoms with Gasteiger partial charge in [-0.3, -0.25) is 4.79 Å². The second-order valence-corrected chi connectivity index (χ2v) is 11.0. The Kier molecular flexibility index (Phi) is 6.18. The van der Waals surface area contributed by atoms with Gasteiger partial charge in [-0.15, -0.1) is 0 Å². The number of carbonyl (C=O) groups is 1. The maximum absolute atomic E-state index is 12.7. The first-order chi connectivity index (χ1) is 14.8. The average molecular weight is 481 g/mol. The second-order valence-electron chi connectivity index (χ2n) is 7.28. The number of sulfone groups is 1. The van der Waals surface area contributed by atoms with E-state index in [1.54, 1.807) is 17.0 Å². The van der Waals surface area contributed by atoms with Crippen molar-refractivity contribution >= 4 is 50.0 Å². The van der Waals surface area contributed by atoms with Crippen LogP contribution in [-0.2, 0) is 21.1 Å². The number of fused-ring (bicyclic) bond motifs is 1. The quantitative estimate of drug-likeness (QED) is 0.649. The monoisotopic (exact) mass is 480 g/mol. The summed E-state index contributed by atoms with van der Waals surface area (Å²) in [6.07, 6.45) is 0.160. The fourth-order valence-corrected chi connectivity index (χ4v) is 7.95. The third kappa shape index (κ3) is 4.53. The van der Waals surface area contributed by atoms with Crippen LogP contribution in [0.5, 0.6) is 11.5 Å². The average Bonchev–Trinajstić information content (AvgIpc) is 3.19. The second kappa shape index (κ2) is 8.72. The molecule has 0 spiro atoms. The number of amides is 1. The molecule has 0 unspecified atom stereocenters. The first kappa shape index (κ1) is 22.0. The van der Waals surface area contributed by atoms with Crippen LogP contribution in [-0.4, -0.2) is 56.5 Å². The Hall–Kier alpha value is -2.23. The van der Waals surface area contributed by atoms with Crippen LogP contribution in [0, 0.1) is 0 Å². The number of benzene rings is 2. The molecule has 2 heterocycles. The fraction of sp³-hybridized carbons (Fsp3) is 0.333. The van der Waals surface area contributed by atoms with Crippen LogP contribution in [0.2, 0.25) is 5.02 Å². The molecule has 2 aromatic rings. The third-order valence-electron chi connectivity index (χ3n) is 5.20. The zero-order valence-electron chi connectivity index (χ0n) is 16.9. The number of anilines is 1. The van der Waals surface area contributed by atoms with Crippen molar-refractivity contribution in [1.29, 1.82) is 0 Å². The minimum Gasteiger partial charge on any atom is -0.495 e. The molecule has 10 heteroatoms. The van der Waals surface area contributed by atoms with Gasteiger partial charge in [-0.25, -0.2) is 8.42 Å². The van der Waals surface area contributed by atoms with Gasteiger partial charge in [0, 0.05) is 11.3 Å². The van der Waals surface area contributed by atoms with Crippen molar-refractivity contribution in [1.82, 2.24) is 0 Å². The van der Waals surface area contributed by atoms with E-state index < -0.39 is 9.84 Å². The molecule has 31 heavy (non-hydrogen) atoms. The third-order valence-corrected chi connectivity index (χ3v) is 8.70. The highest BCUT2D eigenvalue weighted by molar-refractivity contribution is 8.16. The molecular formula is C21H21ClN2O5S2. The molecule has 0 aromatic heterocycles. The lowest BCUT2D eigenvalue weighted by Crippen LogP contribution is -2.38. The molecule has 2 aliphatic rings. The van der Waals surface area contributed by atoms with Gasteiger partial charge in [0.2, 0.25) is 0 Å². The molecule has 1 amide bonds. The van der Waals surface area contributed by atoms with Gasteiger partial charge in [0.05, 0.1) is 48.9 Å². The molecular weight excluding hydrogens is 460 g/mol. The largest absolute Gasteiger partial charge is 0.495 e. The molecule has 2 aromatic carbocycles. The first-order valence-corrected chi connectivity index (χ1v) is 12.6. The topological polar surface area (TPSA) is 85.3 Å². The highest BCUT2D eigenvalue weighted by atomic mass is 35.5. The number of thioether (sulfide) groups is 1. The lowest BCUT2D eigenvalue weighted by molar-refractivity contribution is -0.117. The SMILES string of the molecule is COc1cc(OC)c(N2C(=NC(=O)Cc3ccccc3)S[C@H]3CS(=O)(=O)C[C@H]32)cc1Cl. The van der Waals surface area contributed by atoms with E-state index in [0.717, 1.165) is 5.56 Å². The lowest BCUT2D eigenvalue weighted by Gasteiger charge is -2.26. The molecule has 164 valence electrons. The molecule has 0 aliphatic carbocycles. The van der Waals surface area contributed by atoms with Crippen molar-refractivity contribution in [3.8, 4) is 11.5 Å². The predicted molar refractivity (Wildman–Crippen MR) is 123 cm³/mol. The van der Waals surface area contributed by atoms with Gasteiger partial charge in [-0.05, 0) is 11.6 Å². The van der Waals surface area contributed by atoms with Crippen molar-refractivity contribution in [3.63, 3.8) is 0 Å². The highest BCUT2D eigenvalue weighted by Crippen LogP contribution is 2.46. The van der Waals surface area contributed by atoms with E-state index in [9.17, 15) is 13.2 Å². The Morgan fingerprint density at radius 3 is 2.55 bits per heavy atom. The molecule has 0 radical (unpaired) electrons. The van der Waals surface area contributed by atoms with E-state index in [-0.39, 0.29) is 35.1 Å². The van der Waals surface area contributed by atoms with Crippen LogP contribution in [0.25, 0.3) is 0 Å². The Balaban J connectivity index is 1.74. The summed E-state index contributed by atoms with van der Waals surface area (Å²) in [5, 5.41) is 0.576. The number of nitrogens with zero attached hydrogens (tertiary/aromatic N) is 2. The number of carbonyl (C=O) groups excluding carboxylic acids is 1. The molecule has 0 saturated carbocycles. The molecule has 2 fully saturated rings. The highest BCUT2D eigenvalue weighted by Gasteiger charge is 2.50. The maximum Gasteiger partial charge on any atom is 0.252 e. The summed E-state index contributed by atoms with van der Waals surface area (Å²) in [4.78, 5) is 18.8. The standard InChI is InChI=1S/C21H21ClN2O5S2/c1-28-17-10-18(29-2)15(9-14(17)22)24-16-11-31(26,27)12-19(16)30-21(24)23-20(25)8-13-6-4-3-5-7-13/h3-7,9-10,16,19H,8,11-12H2,1-2H3/t16-,19+/m1/s1. The lowest BCUT2D eigenvalue weighted by atomic mass is 10.1. The van der Waals surface area contributed by atoms with Crippen molar-refractivity contribution in [3.05, 3.63) is 53.1 Å². The summed E-state index contributed by atoms with van der Waals surface area (Å²) in [5.74, 6) is 0.596. The van der Waals surface area contributed by atoms with Crippen LogP contribution in [0.15, 0.2) is 47.5 Å². The zero-order chi connectivity index (χ0) is 22.2. The number of hydrogen-bond acceptors (Lipinski definition) is 6. The van der Waals surface area contributed by atoms with Gasteiger partial charge in [-0.1, -0.05) is 53.7 Å². The maximum atomic E-state index is 12.7. The van der Waals surface area contributed by atoms with Gasteiger partial charge in [0.25, 0.3) is 5.91 Å². The van der Waals surface area contributed by atoms with Crippen LogP contribution < -0.4 is 14.4 Å². The van der Waals surface area contributed by atoms with E-state index in [1.807, 2.05) is 30.3 Å². The van der Waals surface area contributed by atoms with Crippen LogP contribution in [0.1, 0.15) is 5.56 Å². The Labute approximate surface area is 190 Å². The minimum atomic E-state index is -3.19. The van der Waals surface area contributed by atoms with E-state index in [2.05, 4.69) is 4.99 Å². The van der Waals surface area contributed by atoms with E-state index in [1.165, 1.54) is 26.0 Å². The molecule has 2 saturated heterocycles. The summed E-state index contributed by atoms with van der Waals surface area (Å²) < 4.78 is 35.4. The first-order valence-electron chi connectivity index (χ1n) is 9.54. The predicted octanol–water partition coefficient (Wildman–Crippen LogP) is 3.20.